The molecule has 0 aromatic heterocycles. The molecule has 1 aromatic carbocycles. The number of hydrogen-bond acceptors (Lipinski definition) is 7. The number of amides is 3. The number of carbonyl (C=O) groups excluding carboxylic acids is 4. The van der Waals surface area contributed by atoms with Gasteiger partial charge in [0.1, 0.15) is 6.04 Å². The van der Waals surface area contributed by atoms with Crippen molar-refractivity contribution in [3.63, 3.8) is 0 Å². The molecule has 2 saturated heterocycles. The maximum Gasteiger partial charge on any atom is 0.308 e. The van der Waals surface area contributed by atoms with Crippen LogP contribution in [-0.4, -0.2) is 92.1 Å². The summed E-state index contributed by atoms with van der Waals surface area (Å²) in [7, 11) is 0. The molecule has 3 rings (SSSR count). The lowest BCUT2D eigenvalue weighted by atomic mass is 10.1. The minimum Gasteiger partial charge on any atom is -0.465 e. The number of piperazine rings is 1. The third-order valence-corrected chi connectivity index (χ3v) is 5.46. The molecule has 0 bridgehead atoms. The third-order valence-electron chi connectivity index (χ3n) is 5.46. The Morgan fingerprint density at radius 1 is 1.15 bits per heavy atom. The van der Waals surface area contributed by atoms with Crippen LogP contribution in [0, 0.1) is 5.92 Å². The largest absolute Gasteiger partial charge is 0.465 e. The Bertz CT molecular complexity index is 851. The van der Waals surface area contributed by atoms with Gasteiger partial charge >= 0.3 is 5.97 Å². The Balaban J connectivity index is 1.54. The van der Waals surface area contributed by atoms with E-state index in [-0.39, 0.29) is 43.2 Å². The fourth-order valence-electron chi connectivity index (χ4n) is 3.65. The lowest BCUT2D eigenvalue weighted by Gasteiger charge is -2.34. The van der Waals surface area contributed by atoms with Gasteiger partial charge in [-0.05, 0) is 30.2 Å². The Labute approximate surface area is 193 Å². The third kappa shape index (κ3) is 6.92. The van der Waals surface area contributed by atoms with Crippen LogP contribution in [0.5, 0.6) is 0 Å². The SMILES string of the molecule is CC(C)COC(=O)CC1C(=O)NCCN1C(=O)CNc1ccc(C(=O)N2CCOCC2)cc1. The Morgan fingerprint density at radius 3 is 2.52 bits per heavy atom. The second-order valence-corrected chi connectivity index (χ2v) is 8.51. The standard InChI is InChI=1S/C23H32N4O6/c1-16(2)15-33-21(29)13-19-22(30)24-7-8-27(19)20(28)14-25-18-5-3-17(4-6-18)23(31)26-9-11-32-12-10-26/h3-6,16,19,25H,7-15H2,1-2H3,(H,24,30). The summed E-state index contributed by atoms with van der Waals surface area (Å²) in [5, 5.41) is 5.73. The molecule has 10 heteroatoms. The summed E-state index contributed by atoms with van der Waals surface area (Å²) < 4.78 is 10.5. The van der Waals surface area contributed by atoms with Gasteiger partial charge in [0.05, 0.1) is 32.8 Å². The smallest absolute Gasteiger partial charge is 0.308 e. The molecule has 1 unspecified atom stereocenters. The quantitative estimate of drug-likeness (QED) is 0.542. The number of ether oxygens (including phenoxy) is 2. The summed E-state index contributed by atoms with van der Waals surface area (Å²) in [5.41, 5.74) is 1.25. The fraction of sp³-hybridized carbons (Fsp3) is 0.565. The number of morpholine rings is 1. The van der Waals surface area contributed by atoms with Gasteiger partial charge in [-0.15, -0.1) is 0 Å². The molecule has 1 aromatic rings. The molecule has 1 atom stereocenters. The molecule has 0 spiro atoms. The van der Waals surface area contributed by atoms with Crippen LogP contribution >= 0.6 is 0 Å². The molecule has 3 amide bonds. The van der Waals surface area contributed by atoms with E-state index in [4.69, 9.17) is 9.47 Å². The summed E-state index contributed by atoms with van der Waals surface area (Å²) in [6.07, 6.45) is -0.178. The zero-order valence-electron chi connectivity index (χ0n) is 19.2. The number of nitrogens with zero attached hydrogens (tertiary/aromatic N) is 2. The molecule has 2 N–H and O–H groups in total. The summed E-state index contributed by atoms with van der Waals surface area (Å²) in [4.78, 5) is 52.9. The molecule has 2 aliphatic heterocycles. The highest BCUT2D eigenvalue weighted by molar-refractivity contribution is 5.95. The summed E-state index contributed by atoms with van der Waals surface area (Å²) >= 11 is 0. The number of benzene rings is 1. The summed E-state index contributed by atoms with van der Waals surface area (Å²) in [5.74, 6) is -1.02. The van der Waals surface area contributed by atoms with Gasteiger partial charge in [0.2, 0.25) is 11.8 Å². The average molecular weight is 461 g/mol. The topological polar surface area (TPSA) is 117 Å². The molecule has 2 fully saturated rings. The van der Waals surface area contributed by atoms with Crippen molar-refractivity contribution in [2.45, 2.75) is 26.3 Å². The molecular formula is C23H32N4O6. The molecule has 0 saturated carbocycles. The normalized spacial score (nSPS) is 18.6. The molecular weight excluding hydrogens is 428 g/mol. The molecule has 2 aliphatic rings. The van der Waals surface area contributed by atoms with E-state index in [1.54, 1.807) is 29.2 Å². The maximum atomic E-state index is 12.8. The van der Waals surface area contributed by atoms with E-state index in [1.807, 2.05) is 13.8 Å². The zero-order chi connectivity index (χ0) is 23.8. The van der Waals surface area contributed by atoms with Crippen LogP contribution in [0.25, 0.3) is 0 Å². The van der Waals surface area contributed by atoms with Crippen LogP contribution in [0.3, 0.4) is 0 Å². The predicted molar refractivity (Wildman–Crippen MR) is 121 cm³/mol. The maximum absolute atomic E-state index is 12.8. The van der Waals surface area contributed by atoms with Gasteiger partial charge < -0.3 is 29.9 Å². The lowest BCUT2D eigenvalue weighted by molar-refractivity contribution is -0.152. The zero-order valence-corrected chi connectivity index (χ0v) is 19.2. The predicted octanol–water partition coefficient (Wildman–Crippen LogP) is 0.487. The Hall–Kier alpha value is -3.14. The van der Waals surface area contributed by atoms with Crippen molar-refractivity contribution < 1.29 is 28.7 Å². The van der Waals surface area contributed by atoms with E-state index in [0.29, 0.717) is 50.6 Å². The van der Waals surface area contributed by atoms with Crippen LogP contribution in [0.4, 0.5) is 5.69 Å². The van der Waals surface area contributed by atoms with Gasteiger partial charge in [-0.3, -0.25) is 19.2 Å². The monoisotopic (exact) mass is 460 g/mol. The van der Waals surface area contributed by atoms with Crippen molar-refractivity contribution in [1.29, 1.82) is 0 Å². The summed E-state index contributed by atoms with van der Waals surface area (Å²) in [6, 6.07) is 6.02. The number of anilines is 1. The number of carbonyl (C=O) groups is 4. The molecule has 10 nitrogen and oxygen atoms in total. The van der Waals surface area contributed by atoms with Gasteiger partial charge in [0.15, 0.2) is 0 Å². The average Bonchev–Trinajstić information content (AvgIpc) is 2.83. The van der Waals surface area contributed by atoms with Crippen LogP contribution in [0.15, 0.2) is 24.3 Å². The number of esters is 1. The van der Waals surface area contributed by atoms with Crippen LogP contribution in [0.1, 0.15) is 30.6 Å². The lowest BCUT2D eigenvalue weighted by Crippen LogP contribution is -2.58. The van der Waals surface area contributed by atoms with Gasteiger partial charge in [-0.25, -0.2) is 0 Å². The van der Waals surface area contributed by atoms with E-state index in [9.17, 15) is 19.2 Å². The van der Waals surface area contributed by atoms with Crippen LogP contribution < -0.4 is 10.6 Å². The van der Waals surface area contributed by atoms with Crippen molar-refractivity contribution in [2.75, 3.05) is 57.9 Å². The highest BCUT2D eigenvalue weighted by Gasteiger charge is 2.35. The fourth-order valence-corrected chi connectivity index (χ4v) is 3.65. The first kappa shape index (κ1) is 24.5. The van der Waals surface area contributed by atoms with E-state index < -0.39 is 12.0 Å². The summed E-state index contributed by atoms with van der Waals surface area (Å²) in [6.45, 7) is 6.96. The van der Waals surface area contributed by atoms with Crippen molar-refractivity contribution in [3.8, 4) is 0 Å². The van der Waals surface area contributed by atoms with Crippen molar-refractivity contribution >= 4 is 29.4 Å². The van der Waals surface area contributed by atoms with E-state index in [1.165, 1.54) is 4.90 Å². The minimum absolute atomic E-state index is 0.0401. The van der Waals surface area contributed by atoms with Crippen molar-refractivity contribution in [1.82, 2.24) is 15.1 Å². The number of hydrogen-bond donors (Lipinski definition) is 2. The Morgan fingerprint density at radius 2 is 1.85 bits per heavy atom. The van der Waals surface area contributed by atoms with Crippen LogP contribution in [-0.2, 0) is 23.9 Å². The van der Waals surface area contributed by atoms with Gasteiger partial charge in [-0.2, -0.15) is 0 Å². The van der Waals surface area contributed by atoms with E-state index in [2.05, 4.69) is 10.6 Å². The van der Waals surface area contributed by atoms with E-state index >= 15 is 0 Å². The minimum atomic E-state index is -0.888. The number of rotatable bonds is 8. The highest BCUT2D eigenvalue weighted by Crippen LogP contribution is 2.14. The molecule has 2 heterocycles. The molecule has 180 valence electrons. The van der Waals surface area contributed by atoms with Gasteiger partial charge in [0.25, 0.3) is 5.91 Å². The second kappa shape index (κ2) is 11.6. The van der Waals surface area contributed by atoms with Crippen molar-refractivity contribution in [2.24, 2.45) is 5.92 Å². The molecule has 0 aliphatic carbocycles. The molecule has 0 radical (unpaired) electrons. The van der Waals surface area contributed by atoms with Crippen LogP contribution in [0.2, 0.25) is 0 Å². The number of nitrogens with one attached hydrogen (secondary N) is 2. The van der Waals surface area contributed by atoms with Gasteiger partial charge in [0, 0.05) is 37.4 Å². The van der Waals surface area contributed by atoms with E-state index in [0.717, 1.165) is 0 Å². The van der Waals surface area contributed by atoms with Crippen molar-refractivity contribution in [3.05, 3.63) is 29.8 Å². The highest BCUT2D eigenvalue weighted by atomic mass is 16.5. The first-order chi connectivity index (χ1) is 15.8. The second-order valence-electron chi connectivity index (χ2n) is 8.51. The molecule has 33 heavy (non-hydrogen) atoms. The Kier molecular flexibility index (Phi) is 8.65. The van der Waals surface area contributed by atoms with Gasteiger partial charge in [-0.1, -0.05) is 13.8 Å². The first-order valence-electron chi connectivity index (χ1n) is 11.3. The first-order valence-corrected chi connectivity index (χ1v) is 11.3.